The van der Waals surface area contributed by atoms with Gasteiger partial charge >= 0.3 is 0 Å². The molecular formula is C26H29FN4O2. The predicted molar refractivity (Wildman–Crippen MR) is 126 cm³/mol. The number of carbonyl (C=O) groups is 2. The molecule has 7 heteroatoms. The number of benzene rings is 2. The highest BCUT2D eigenvalue weighted by Gasteiger charge is 2.25. The van der Waals surface area contributed by atoms with E-state index in [0.717, 1.165) is 54.6 Å². The van der Waals surface area contributed by atoms with Crippen molar-refractivity contribution in [2.75, 3.05) is 5.32 Å². The van der Waals surface area contributed by atoms with E-state index < -0.39 is 0 Å². The minimum atomic E-state index is -0.305. The molecule has 0 fully saturated rings. The zero-order chi connectivity index (χ0) is 23.4. The summed E-state index contributed by atoms with van der Waals surface area (Å²) in [4.78, 5) is 25.2. The Morgan fingerprint density at radius 1 is 1.12 bits per heavy atom. The molecule has 1 aliphatic rings. The maximum atomic E-state index is 13.4. The number of hydrogen-bond acceptors (Lipinski definition) is 3. The zero-order valence-electron chi connectivity index (χ0n) is 19.0. The van der Waals surface area contributed by atoms with Gasteiger partial charge < -0.3 is 10.6 Å². The number of anilines is 1. The SMILES string of the molecule is CCC(C)C(=O)Nc1cccc(CNC(=O)c2nn(-c3ccc(F)cc3)c3c2CCCC3)c1. The van der Waals surface area contributed by atoms with E-state index in [1.165, 1.54) is 12.1 Å². The Hall–Kier alpha value is -3.48. The molecule has 3 aromatic rings. The van der Waals surface area contributed by atoms with E-state index >= 15 is 0 Å². The fourth-order valence-electron chi connectivity index (χ4n) is 4.05. The monoisotopic (exact) mass is 448 g/mol. The molecule has 0 spiro atoms. The van der Waals surface area contributed by atoms with Crippen molar-refractivity contribution in [1.29, 1.82) is 0 Å². The maximum absolute atomic E-state index is 13.4. The Bertz CT molecular complexity index is 1150. The first-order valence-electron chi connectivity index (χ1n) is 11.5. The predicted octanol–water partition coefficient (Wildman–Crippen LogP) is 4.80. The van der Waals surface area contributed by atoms with Gasteiger partial charge in [-0.15, -0.1) is 0 Å². The molecule has 2 N–H and O–H groups in total. The number of carbonyl (C=O) groups excluding carboxylic acids is 2. The van der Waals surface area contributed by atoms with Crippen molar-refractivity contribution in [1.82, 2.24) is 15.1 Å². The van der Waals surface area contributed by atoms with E-state index in [1.54, 1.807) is 16.8 Å². The molecule has 1 aliphatic carbocycles. The fourth-order valence-corrected chi connectivity index (χ4v) is 4.05. The number of hydrogen-bond donors (Lipinski definition) is 2. The van der Waals surface area contributed by atoms with Crippen LogP contribution in [-0.4, -0.2) is 21.6 Å². The third-order valence-electron chi connectivity index (χ3n) is 6.17. The van der Waals surface area contributed by atoms with Crippen molar-refractivity contribution < 1.29 is 14.0 Å². The van der Waals surface area contributed by atoms with Gasteiger partial charge in [0.1, 0.15) is 5.82 Å². The molecule has 0 saturated carbocycles. The molecule has 6 nitrogen and oxygen atoms in total. The van der Waals surface area contributed by atoms with E-state index in [0.29, 0.717) is 17.9 Å². The van der Waals surface area contributed by atoms with Gasteiger partial charge in [0, 0.05) is 29.4 Å². The van der Waals surface area contributed by atoms with E-state index in [-0.39, 0.29) is 23.5 Å². The minimum Gasteiger partial charge on any atom is -0.347 e. The van der Waals surface area contributed by atoms with Crippen LogP contribution in [-0.2, 0) is 24.2 Å². The van der Waals surface area contributed by atoms with Gasteiger partial charge in [-0.2, -0.15) is 5.10 Å². The Balaban J connectivity index is 1.50. The number of aromatic nitrogens is 2. The Kier molecular flexibility index (Phi) is 6.87. The average molecular weight is 449 g/mol. The van der Waals surface area contributed by atoms with E-state index in [9.17, 15) is 14.0 Å². The molecule has 1 atom stereocenters. The first-order chi connectivity index (χ1) is 16.0. The molecule has 0 bridgehead atoms. The molecule has 2 aromatic carbocycles. The molecule has 172 valence electrons. The molecule has 2 amide bonds. The quantitative estimate of drug-likeness (QED) is 0.545. The summed E-state index contributed by atoms with van der Waals surface area (Å²) in [5.74, 6) is -0.615. The minimum absolute atomic E-state index is 0.0170. The highest BCUT2D eigenvalue weighted by Crippen LogP contribution is 2.27. The van der Waals surface area contributed by atoms with Crippen LogP contribution in [0.25, 0.3) is 5.69 Å². The summed E-state index contributed by atoms with van der Waals surface area (Å²) in [5.41, 5.74) is 4.76. The van der Waals surface area contributed by atoms with Crippen LogP contribution in [0.15, 0.2) is 48.5 Å². The van der Waals surface area contributed by atoms with Gasteiger partial charge in [-0.25, -0.2) is 9.07 Å². The van der Waals surface area contributed by atoms with Crippen LogP contribution < -0.4 is 10.6 Å². The first kappa shape index (κ1) is 22.7. The van der Waals surface area contributed by atoms with Crippen LogP contribution in [0, 0.1) is 11.7 Å². The standard InChI is InChI=1S/C26H29FN4O2/c1-3-17(2)25(32)29-20-8-6-7-18(15-20)16-28-26(33)24-22-9-4-5-10-23(22)31(30-24)21-13-11-19(27)12-14-21/h6-8,11-15,17H,3-5,9-10,16H2,1-2H3,(H,28,33)(H,29,32). The third-order valence-corrected chi connectivity index (χ3v) is 6.17. The van der Waals surface area contributed by atoms with Crippen molar-refractivity contribution in [2.45, 2.75) is 52.5 Å². The van der Waals surface area contributed by atoms with Gasteiger partial charge in [0.15, 0.2) is 5.69 Å². The highest BCUT2D eigenvalue weighted by molar-refractivity contribution is 5.94. The molecule has 0 saturated heterocycles. The number of nitrogens with one attached hydrogen (secondary N) is 2. The molecule has 33 heavy (non-hydrogen) atoms. The molecular weight excluding hydrogens is 419 g/mol. The molecule has 1 aromatic heterocycles. The average Bonchev–Trinajstić information content (AvgIpc) is 3.22. The Morgan fingerprint density at radius 2 is 1.88 bits per heavy atom. The van der Waals surface area contributed by atoms with Gasteiger partial charge in [0.25, 0.3) is 5.91 Å². The van der Waals surface area contributed by atoms with Gasteiger partial charge in [0.2, 0.25) is 5.91 Å². The zero-order valence-corrected chi connectivity index (χ0v) is 19.0. The number of nitrogens with zero attached hydrogens (tertiary/aromatic N) is 2. The van der Waals surface area contributed by atoms with Crippen molar-refractivity contribution in [2.24, 2.45) is 5.92 Å². The van der Waals surface area contributed by atoms with Crippen molar-refractivity contribution in [3.05, 3.63) is 76.9 Å². The lowest BCUT2D eigenvalue weighted by molar-refractivity contribution is -0.119. The molecule has 0 aliphatic heterocycles. The second kappa shape index (κ2) is 9.98. The molecule has 1 unspecified atom stereocenters. The van der Waals surface area contributed by atoms with Crippen LogP contribution in [0.3, 0.4) is 0 Å². The molecule has 0 radical (unpaired) electrons. The fraction of sp³-hybridized carbons (Fsp3) is 0.346. The summed E-state index contributed by atoms with van der Waals surface area (Å²) in [6, 6.07) is 13.6. The van der Waals surface area contributed by atoms with Gasteiger partial charge in [0.05, 0.1) is 5.69 Å². The lowest BCUT2D eigenvalue weighted by Crippen LogP contribution is -2.25. The lowest BCUT2D eigenvalue weighted by Gasteiger charge is -2.14. The lowest BCUT2D eigenvalue weighted by atomic mass is 9.95. The van der Waals surface area contributed by atoms with Crippen LogP contribution in [0.2, 0.25) is 0 Å². The summed E-state index contributed by atoms with van der Waals surface area (Å²) in [6.07, 6.45) is 4.47. The number of rotatable bonds is 7. The highest BCUT2D eigenvalue weighted by atomic mass is 19.1. The van der Waals surface area contributed by atoms with E-state index in [1.807, 2.05) is 38.1 Å². The third kappa shape index (κ3) is 5.13. The van der Waals surface area contributed by atoms with Crippen molar-refractivity contribution in [3.8, 4) is 5.69 Å². The van der Waals surface area contributed by atoms with Crippen LogP contribution in [0.1, 0.15) is 60.4 Å². The van der Waals surface area contributed by atoms with Crippen LogP contribution in [0.4, 0.5) is 10.1 Å². The normalized spacial score (nSPS) is 13.8. The summed E-state index contributed by atoms with van der Waals surface area (Å²) in [7, 11) is 0. The van der Waals surface area contributed by atoms with E-state index in [4.69, 9.17) is 0 Å². The smallest absolute Gasteiger partial charge is 0.272 e. The van der Waals surface area contributed by atoms with E-state index in [2.05, 4.69) is 15.7 Å². The number of fused-ring (bicyclic) bond motifs is 1. The molecule has 1 heterocycles. The summed E-state index contributed by atoms with van der Waals surface area (Å²) < 4.78 is 15.1. The Labute approximate surface area is 193 Å². The van der Waals surface area contributed by atoms with Gasteiger partial charge in [-0.1, -0.05) is 26.0 Å². The maximum Gasteiger partial charge on any atom is 0.272 e. The van der Waals surface area contributed by atoms with Crippen LogP contribution in [0.5, 0.6) is 0 Å². The van der Waals surface area contributed by atoms with Gasteiger partial charge in [-0.3, -0.25) is 9.59 Å². The topological polar surface area (TPSA) is 76.0 Å². The van der Waals surface area contributed by atoms with Crippen molar-refractivity contribution >= 4 is 17.5 Å². The van der Waals surface area contributed by atoms with Crippen LogP contribution >= 0.6 is 0 Å². The van der Waals surface area contributed by atoms with Crippen molar-refractivity contribution in [3.63, 3.8) is 0 Å². The van der Waals surface area contributed by atoms with Gasteiger partial charge in [-0.05, 0) is 74.1 Å². The number of halogens is 1. The Morgan fingerprint density at radius 3 is 2.64 bits per heavy atom. The molecule has 4 rings (SSSR count). The summed E-state index contributed by atoms with van der Waals surface area (Å²) in [6.45, 7) is 4.20. The second-order valence-electron chi connectivity index (χ2n) is 8.55. The summed E-state index contributed by atoms with van der Waals surface area (Å²) >= 11 is 0. The summed E-state index contributed by atoms with van der Waals surface area (Å²) in [5, 5.41) is 10.5. The first-order valence-corrected chi connectivity index (χ1v) is 11.5. The number of amides is 2. The second-order valence-corrected chi connectivity index (χ2v) is 8.55. The largest absolute Gasteiger partial charge is 0.347 e.